The molecule has 1 fully saturated rings. The van der Waals surface area contributed by atoms with E-state index >= 15 is 0 Å². The van der Waals surface area contributed by atoms with E-state index in [2.05, 4.69) is 11.6 Å². The number of piperidine rings is 1. The van der Waals surface area contributed by atoms with Gasteiger partial charge in [0, 0.05) is 46.1 Å². The third-order valence-corrected chi connectivity index (χ3v) is 9.58. The van der Waals surface area contributed by atoms with Crippen LogP contribution in [0.5, 0.6) is 0 Å². The average molecular weight is 548 g/mol. The zero-order valence-electron chi connectivity index (χ0n) is 18.6. The second kappa shape index (κ2) is 12.2. The second-order valence-electron chi connectivity index (χ2n) is 7.99. The molecule has 180 valence electrons. The Balaban J connectivity index is 1.62. The Labute approximate surface area is 215 Å². The molecular formula is C23H28Cl2N2O3S3. The van der Waals surface area contributed by atoms with Gasteiger partial charge in [0.05, 0.1) is 10.5 Å². The van der Waals surface area contributed by atoms with Crippen molar-refractivity contribution in [3.63, 3.8) is 0 Å². The number of hydrogen-bond acceptors (Lipinski definition) is 5. The van der Waals surface area contributed by atoms with Gasteiger partial charge in [0.1, 0.15) is 0 Å². The van der Waals surface area contributed by atoms with Crippen molar-refractivity contribution in [3.8, 4) is 0 Å². The van der Waals surface area contributed by atoms with Gasteiger partial charge in [0.2, 0.25) is 10.0 Å². The Kier molecular flexibility index (Phi) is 9.85. The number of nitrogens with one attached hydrogen (secondary N) is 1. The van der Waals surface area contributed by atoms with Crippen LogP contribution in [0.25, 0.3) is 0 Å². The summed E-state index contributed by atoms with van der Waals surface area (Å²) in [5, 5.41) is 1.20. The molecule has 2 aromatic rings. The van der Waals surface area contributed by atoms with Gasteiger partial charge in [0.25, 0.3) is 5.91 Å². The number of nitrogens with zero attached hydrogens (tertiary/aromatic N) is 1. The Bertz CT molecular complexity index is 1070. The number of rotatable bonds is 9. The summed E-state index contributed by atoms with van der Waals surface area (Å²) in [6, 6.07) is 10.1. The minimum Gasteiger partial charge on any atom is -0.339 e. The zero-order valence-corrected chi connectivity index (χ0v) is 22.6. The lowest BCUT2D eigenvalue weighted by atomic mass is 9.98. The lowest BCUT2D eigenvalue weighted by molar-refractivity contribution is 0.0693. The maximum Gasteiger partial charge on any atom is 0.255 e. The van der Waals surface area contributed by atoms with E-state index in [9.17, 15) is 13.2 Å². The molecule has 1 N–H and O–H groups in total. The predicted molar refractivity (Wildman–Crippen MR) is 140 cm³/mol. The molecule has 5 nitrogen and oxygen atoms in total. The molecule has 0 atom stereocenters. The van der Waals surface area contributed by atoms with Crippen LogP contribution in [0, 0.1) is 5.92 Å². The molecule has 0 aromatic heterocycles. The number of carbonyl (C=O) groups is 1. The molecule has 10 heteroatoms. The highest BCUT2D eigenvalue weighted by molar-refractivity contribution is 7.98. The smallest absolute Gasteiger partial charge is 0.255 e. The molecule has 0 unspecified atom stereocenters. The van der Waals surface area contributed by atoms with E-state index in [1.807, 2.05) is 11.2 Å². The molecule has 1 aliphatic rings. The van der Waals surface area contributed by atoms with Crippen LogP contribution in [0.15, 0.2) is 46.2 Å². The number of likely N-dealkylation sites (tertiary alicyclic amines) is 1. The summed E-state index contributed by atoms with van der Waals surface area (Å²) in [4.78, 5) is 15.8. The van der Waals surface area contributed by atoms with Crippen LogP contribution in [-0.4, -0.2) is 50.9 Å². The zero-order chi connectivity index (χ0) is 24.0. The Morgan fingerprint density at radius 2 is 1.82 bits per heavy atom. The van der Waals surface area contributed by atoms with Crippen molar-refractivity contribution in [2.45, 2.75) is 35.3 Å². The summed E-state index contributed by atoms with van der Waals surface area (Å²) >= 11 is 15.4. The van der Waals surface area contributed by atoms with E-state index in [-0.39, 0.29) is 17.3 Å². The lowest BCUT2D eigenvalue weighted by Gasteiger charge is -2.30. The number of halogens is 2. The maximum atomic E-state index is 13.1. The lowest BCUT2D eigenvalue weighted by Crippen LogP contribution is -2.38. The summed E-state index contributed by atoms with van der Waals surface area (Å²) in [5.41, 5.74) is 1.29. The van der Waals surface area contributed by atoms with Crippen LogP contribution in [0.3, 0.4) is 0 Å². The number of benzene rings is 2. The summed E-state index contributed by atoms with van der Waals surface area (Å²) in [6.07, 6.45) is 3.83. The molecule has 3 rings (SSSR count). The quantitative estimate of drug-likeness (QED) is 0.318. The van der Waals surface area contributed by atoms with Gasteiger partial charge in [-0.05, 0) is 60.9 Å². The third kappa shape index (κ3) is 7.05. The highest BCUT2D eigenvalue weighted by Crippen LogP contribution is 2.29. The standard InChI is InChI=1S/C23H28Cl2N2O3S3/c1-16-8-11-27(12-9-16)23(28)18-14-17(6-7-22(18)31-2)33(29,30)26-10-13-32-15-19-20(24)4-3-5-21(19)25/h3-7,14,16,26H,8-13,15H2,1-2H3. The van der Waals surface area contributed by atoms with E-state index in [1.165, 1.54) is 17.8 Å². The molecule has 0 bridgehead atoms. The van der Waals surface area contributed by atoms with E-state index in [1.54, 1.807) is 42.1 Å². The average Bonchev–Trinajstić information content (AvgIpc) is 2.80. The van der Waals surface area contributed by atoms with Crippen LogP contribution < -0.4 is 4.72 Å². The minimum atomic E-state index is -3.74. The van der Waals surface area contributed by atoms with Crippen molar-refractivity contribution in [2.24, 2.45) is 5.92 Å². The molecule has 1 heterocycles. The summed E-state index contributed by atoms with van der Waals surface area (Å²) in [7, 11) is -3.74. The first-order valence-electron chi connectivity index (χ1n) is 10.7. The van der Waals surface area contributed by atoms with Crippen molar-refractivity contribution >= 4 is 62.7 Å². The monoisotopic (exact) mass is 546 g/mol. The van der Waals surface area contributed by atoms with Gasteiger partial charge in [-0.3, -0.25) is 4.79 Å². The Hall–Kier alpha value is -0.900. The summed E-state index contributed by atoms with van der Waals surface area (Å²) in [6.45, 7) is 3.85. The van der Waals surface area contributed by atoms with Crippen LogP contribution in [0.4, 0.5) is 0 Å². The van der Waals surface area contributed by atoms with Gasteiger partial charge in [-0.1, -0.05) is 36.2 Å². The Morgan fingerprint density at radius 3 is 2.45 bits per heavy atom. The van der Waals surface area contributed by atoms with Crippen molar-refractivity contribution in [2.75, 3.05) is 31.6 Å². The molecule has 33 heavy (non-hydrogen) atoms. The normalized spacial score (nSPS) is 15.1. The molecule has 0 aliphatic carbocycles. The topological polar surface area (TPSA) is 66.5 Å². The Morgan fingerprint density at radius 1 is 1.15 bits per heavy atom. The highest BCUT2D eigenvalue weighted by atomic mass is 35.5. The van der Waals surface area contributed by atoms with Gasteiger partial charge >= 0.3 is 0 Å². The highest BCUT2D eigenvalue weighted by Gasteiger charge is 2.25. The molecule has 0 saturated carbocycles. The van der Waals surface area contributed by atoms with Crippen LogP contribution in [0.1, 0.15) is 35.7 Å². The van der Waals surface area contributed by atoms with E-state index in [0.717, 1.165) is 23.3 Å². The summed E-state index contributed by atoms with van der Waals surface area (Å²) < 4.78 is 28.4. The fraction of sp³-hybridized carbons (Fsp3) is 0.435. The van der Waals surface area contributed by atoms with E-state index < -0.39 is 10.0 Å². The van der Waals surface area contributed by atoms with Gasteiger partial charge in [-0.15, -0.1) is 11.8 Å². The fourth-order valence-corrected chi connectivity index (χ4v) is 6.93. The molecular weight excluding hydrogens is 519 g/mol. The summed E-state index contributed by atoms with van der Waals surface area (Å²) in [5.74, 6) is 1.66. The molecule has 1 aliphatic heterocycles. The molecule has 2 aromatic carbocycles. The van der Waals surface area contributed by atoms with Crippen LogP contribution in [-0.2, 0) is 15.8 Å². The largest absolute Gasteiger partial charge is 0.339 e. The molecule has 1 amide bonds. The van der Waals surface area contributed by atoms with Crippen molar-refractivity contribution in [3.05, 3.63) is 57.6 Å². The van der Waals surface area contributed by atoms with Crippen molar-refractivity contribution in [1.29, 1.82) is 0 Å². The van der Waals surface area contributed by atoms with Gasteiger partial charge < -0.3 is 4.90 Å². The third-order valence-electron chi connectivity index (χ3n) is 5.63. The maximum absolute atomic E-state index is 13.1. The predicted octanol–water partition coefficient (Wildman–Crippen LogP) is 5.80. The second-order valence-corrected chi connectivity index (χ2v) is 12.5. The van der Waals surface area contributed by atoms with E-state index in [4.69, 9.17) is 23.2 Å². The first-order chi connectivity index (χ1) is 15.7. The molecule has 0 spiro atoms. The fourth-order valence-electron chi connectivity index (χ4n) is 3.58. The number of hydrogen-bond donors (Lipinski definition) is 1. The number of amides is 1. The van der Waals surface area contributed by atoms with E-state index in [0.29, 0.717) is 46.1 Å². The molecule has 0 radical (unpaired) electrons. The van der Waals surface area contributed by atoms with Crippen molar-refractivity contribution < 1.29 is 13.2 Å². The van der Waals surface area contributed by atoms with Crippen molar-refractivity contribution in [1.82, 2.24) is 9.62 Å². The first kappa shape index (κ1) is 26.7. The van der Waals surface area contributed by atoms with Gasteiger partial charge in [-0.25, -0.2) is 13.1 Å². The number of thioether (sulfide) groups is 2. The number of sulfonamides is 1. The van der Waals surface area contributed by atoms with Gasteiger partial charge in [0.15, 0.2) is 0 Å². The first-order valence-corrected chi connectivity index (χ1v) is 15.3. The molecule has 1 saturated heterocycles. The number of carbonyl (C=O) groups excluding carboxylic acids is 1. The minimum absolute atomic E-state index is 0.101. The van der Waals surface area contributed by atoms with Crippen LogP contribution in [0.2, 0.25) is 10.0 Å². The van der Waals surface area contributed by atoms with Crippen LogP contribution >= 0.6 is 46.7 Å². The SMILES string of the molecule is CSc1ccc(S(=O)(=O)NCCSCc2c(Cl)cccc2Cl)cc1C(=O)N1CCC(C)CC1. The van der Waals surface area contributed by atoms with Gasteiger partial charge in [-0.2, -0.15) is 11.8 Å².